The fraction of sp³-hybridized carbons (Fsp3) is 1.00. The molecular weight excluding hydrogens is 159 g/mol. The average Bonchev–Trinajstić information content (AvgIpc) is 1.39. The third kappa shape index (κ3) is 130. The smallest absolute Gasteiger partial charge is 0.0922 e. The molecule has 0 rings (SSSR count). The largest absolute Gasteiger partial charge is 0.102 e. The Morgan fingerprint density at radius 3 is 0.714 bits per heavy atom. The van der Waals surface area contributed by atoms with Gasteiger partial charge in [0.1, 0.15) is 14.6 Å². The average molecular weight is 171 g/mol. The molecule has 0 aromatic heterocycles. The van der Waals surface area contributed by atoms with Crippen LogP contribution >= 0.6 is 0 Å². The van der Waals surface area contributed by atoms with Crippen molar-refractivity contribution >= 4 is 14.6 Å². The molecule has 0 saturated carbocycles. The topological polar surface area (TPSA) is 0 Å². The Labute approximate surface area is 74.2 Å². The van der Waals surface area contributed by atoms with Crippen molar-refractivity contribution in [3.05, 3.63) is 0 Å². The number of hydrogen-bond donors (Lipinski definition) is 0. The van der Waals surface area contributed by atoms with Crippen LogP contribution in [0.1, 0.15) is 0 Å². The fourth-order valence-corrected chi connectivity index (χ4v) is 0. The first-order valence-electron chi connectivity index (χ1n) is 2.31. The molecule has 37 valence electrons. The van der Waals surface area contributed by atoms with E-state index in [4.69, 9.17) is 0 Å². The molecule has 0 aromatic carbocycles. The SMILES string of the molecule is C[B]C.C[B]C.[Y]. The Balaban J connectivity index is -0.0000000400. The Morgan fingerprint density at radius 2 is 0.714 bits per heavy atom. The summed E-state index contributed by atoms with van der Waals surface area (Å²) in [6.45, 7) is 8.00. The van der Waals surface area contributed by atoms with Crippen molar-refractivity contribution in [2.75, 3.05) is 0 Å². The Hall–Kier alpha value is 1.23. The quantitative estimate of drug-likeness (QED) is 0.485. The summed E-state index contributed by atoms with van der Waals surface area (Å²) in [5.74, 6) is 0. The van der Waals surface area contributed by atoms with E-state index in [1.54, 1.807) is 0 Å². The molecular formula is C4H12B2Y. The van der Waals surface area contributed by atoms with Gasteiger partial charge in [0.25, 0.3) is 0 Å². The van der Waals surface area contributed by atoms with Gasteiger partial charge in [-0.15, -0.1) is 0 Å². The van der Waals surface area contributed by atoms with Crippen molar-refractivity contribution < 1.29 is 32.7 Å². The fourth-order valence-electron chi connectivity index (χ4n) is 0. The Kier molecular flexibility index (Phi) is 60.4. The summed E-state index contributed by atoms with van der Waals surface area (Å²) in [6, 6.07) is 0. The predicted octanol–water partition coefficient (Wildman–Crippen LogP) is 1.57. The molecule has 0 unspecified atom stereocenters. The van der Waals surface area contributed by atoms with Crippen molar-refractivity contribution in [2.24, 2.45) is 0 Å². The molecule has 7 heavy (non-hydrogen) atoms. The molecule has 0 saturated heterocycles. The van der Waals surface area contributed by atoms with Crippen molar-refractivity contribution in [3.63, 3.8) is 0 Å². The summed E-state index contributed by atoms with van der Waals surface area (Å²) in [6.07, 6.45) is 0. The van der Waals surface area contributed by atoms with E-state index in [1.807, 2.05) is 41.9 Å². The van der Waals surface area contributed by atoms with Crippen LogP contribution in [0.2, 0.25) is 27.3 Å². The van der Waals surface area contributed by atoms with Crippen LogP contribution in [0.25, 0.3) is 0 Å². The first kappa shape index (κ1) is 15.7. The molecule has 0 aliphatic rings. The molecule has 0 bridgehead atoms. The zero-order chi connectivity index (χ0) is 5.41. The van der Waals surface area contributed by atoms with Crippen molar-refractivity contribution in [1.82, 2.24) is 0 Å². The van der Waals surface area contributed by atoms with E-state index in [9.17, 15) is 0 Å². The first-order chi connectivity index (χ1) is 2.83. The molecule has 0 heterocycles. The van der Waals surface area contributed by atoms with Gasteiger partial charge in [0.2, 0.25) is 0 Å². The maximum absolute atomic E-state index is 2.00. The normalized spacial score (nSPS) is 4.00. The molecule has 0 fully saturated rings. The van der Waals surface area contributed by atoms with Crippen LogP contribution in [0.5, 0.6) is 0 Å². The zero-order valence-corrected chi connectivity index (χ0v) is 8.57. The molecule has 0 aromatic rings. The van der Waals surface area contributed by atoms with E-state index in [0.717, 1.165) is 0 Å². The van der Waals surface area contributed by atoms with Crippen LogP contribution in [0.15, 0.2) is 0 Å². The van der Waals surface area contributed by atoms with E-state index in [0.29, 0.717) is 0 Å². The minimum Gasteiger partial charge on any atom is -0.0922 e. The van der Waals surface area contributed by atoms with Gasteiger partial charge in [-0.2, -0.15) is 0 Å². The minimum atomic E-state index is 0. The van der Waals surface area contributed by atoms with Crippen molar-refractivity contribution in [1.29, 1.82) is 0 Å². The van der Waals surface area contributed by atoms with Crippen LogP contribution in [0, 0.1) is 0 Å². The van der Waals surface area contributed by atoms with E-state index < -0.39 is 0 Å². The molecule has 0 aliphatic carbocycles. The summed E-state index contributed by atoms with van der Waals surface area (Å²) in [4.78, 5) is 0. The molecule has 0 nitrogen and oxygen atoms in total. The van der Waals surface area contributed by atoms with Crippen LogP contribution in [0.3, 0.4) is 0 Å². The standard InChI is InChI=1S/2C2H6B.Y/c2*1-3-2;/h2*1-2H3;. The van der Waals surface area contributed by atoms with Crippen molar-refractivity contribution in [2.45, 2.75) is 27.3 Å². The molecule has 3 radical (unpaired) electrons. The van der Waals surface area contributed by atoms with Gasteiger partial charge < -0.3 is 0 Å². The second-order valence-electron chi connectivity index (χ2n) is 1.15. The van der Waals surface area contributed by atoms with Crippen molar-refractivity contribution in [3.8, 4) is 0 Å². The van der Waals surface area contributed by atoms with E-state index in [-0.39, 0.29) is 32.7 Å². The summed E-state index contributed by atoms with van der Waals surface area (Å²) in [7, 11) is 4.00. The van der Waals surface area contributed by atoms with Gasteiger partial charge >= 0.3 is 0 Å². The van der Waals surface area contributed by atoms with Gasteiger partial charge in [-0.3, -0.25) is 0 Å². The van der Waals surface area contributed by atoms with Crippen LogP contribution in [-0.4, -0.2) is 14.6 Å². The van der Waals surface area contributed by atoms with Crippen LogP contribution in [-0.2, 0) is 32.7 Å². The summed E-state index contributed by atoms with van der Waals surface area (Å²) in [5.41, 5.74) is 0. The summed E-state index contributed by atoms with van der Waals surface area (Å²) >= 11 is 0. The minimum absolute atomic E-state index is 0. The predicted molar refractivity (Wildman–Crippen MR) is 35.0 cm³/mol. The number of hydrogen-bond acceptors (Lipinski definition) is 0. The van der Waals surface area contributed by atoms with Crippen LogP contribution in [0.4, 0.5) is 0 Å². The Bertz CT molecular complexity index is 11.7. The molecule has 0 aliphatic heterocycles. The van der Waals surface area contributed by atoms with Gasteiger partial charge in [0.15, 0.2) is 0 Å². The molecule has 0 N–H and O–H groups in total. The van der Waals surface area contributed by atoms with Crippen LogP contribution < -0.4 is 0 Å². The molecule has 0 spiro atoms. The maximum atomic E-state index is 2.00. The Morgan fingerprint density at radius 1 is 0.714 bits per heavy atom. The summed E-state index contributed by atoms with van der Waals surface area (Å²) < 4.78 is 0. The second-order valence-corrected chi connectivity index (χ2v) is 1.15. The third-order valence-electron chi connectivity index (χ3n) is 0. The van der Waals surface area contributed by atoms with Gasteiger partial charge in [0, 0.05) is 32.7 Å². The molecule has 0 amide bonds. The zero-order valence-electron chi connectivity index (χ0n) is 5.73. The molecule has 3 heteroatoms. The van der Waals surface area contributed by atoms with Gasteiger partial charge in [-0.05, 0) is 0 Å². The van der Waals surface area contributed by atoms with E-state index in [2.05, 4.69) is 0 Å². The van der Waals surface area contributed by atoms with E-state index in [1.165, 1.54) is 0 Å². The number of rotatable bonds is 0. The summed E-state index contributed by atoms with van der Waals surface area (Å²) in [5, 5.41) is 0. The third-order valence-corrected chi connectivity index (χ3v) is 0. The van der Waals surface area contributed by atoms with Gasteiger partial charge in [-0.25, -0.2) is 0 Å². The second kappa shape index (κ2) is 26.9. The monoisotopic (exact) mass is 171 g/mol. The maximum Gasteiger partial charge on any atom is 0.102 e. The van der Waals surface area contributed by atoms with E-state index >= 15 is 0 Å². The van der Waals surface area contributed by atoms with Gasteiger partial charge in [0.05, 0.1) is 0 Å². The molecule has 0 atom stereocenters. The van der Waals surface area contributed by atoms with Gasteiger partial charge in [-0.1, -0.05) is 27.3 Å². The first-order valence-corrected chi connectivity index (χ1v) is 2.31.